The lowest BCUT2D eigenvalue weighted by molar-refractivity contribution is 0.291. The summed E-state index contributed by atoms with van der Waals surface area (Å²) in [5.74, 6) is 0.847. The second-order valence-electron chi connectivity index (χ2n) is 11.4. The predicted molar refractivity (Wildman–Crippen MR) is 172 cm³/mol. The molecule has 4 heteroatoms. The van der Waals surface area contributed by atoms with Crippen molar-refractivity contribution < 1.29 is 0 Å². The molecule has 37 heavy (non-hydrogen) atoms. The van der Waals surface area contributed by atoms with E-state index in [1.165, 1.54) is 154 Å². The summed E-state index contributed by atoms with van der Waals surface area (Å²) in [7, 11) is 0. The Hall–Kier alpha value is -0.440. The summed E-state index contributed by atoms with van der Waals surface area (Å²) < 4.78 is 0. The number of nitrogens with one attached hydrogen (secondary N) is 1. The SMILES string of the molecule is CCCCCCCCN(CCCCCCCC)C(=N)N(CCCCCCCC)CCCCCCCC.Cl. The van der Waals surface area contributed by atoms with Crippen molar-refractivity contribution in [1.29, 1.82) is 5.41 Å². The van der Waals surface area contributed by atoms with Gasteiger partial charge in [0.1, 0.15) is 0 Å². The summed E-state index contributed by atoms with van der Waals surface area (Å²) in [6.07, 6.45) is 32.1. The second kappa shape index (κ2) is 31.8. The predicted octanol–water partition coefficient (Wildman–Crippen LogP) is 11.4. The van der Waals surface area contributed by atoms with Gasteiger partial charge in [0.05, 0.1) is 0 Å². The van der Waals surface area contributed by atoms with Crippen LogP contribution in [0.5, 0.6) is 0 Å². The molecule has 0 radical (unpaired) electrons. The Labute approximate surface area is 241 Å². The largest absolute Gasteiger partial charge is 0.343 e. The van der Waals surface area contributed by atoms with Gasteiger partial charge < -0.3 is 9.80 Å². The molecule has 0 amide bonds. The molecule has 0 spiro atoms. The number of unbranched alkanes of at least 4 members (excludes halogenated alkanes) is 20. The standard InChI is InChI=1S/C33H69N3.ClH/c1-5-9-13-17-21-25-29-35(30-26-22-18-14-10-6-2)33(34)36(31-27-23-19-15-11-7-3)32-28-24-20-16-12-8-4;/h34H,5-32H2,1-4H3;1H. The number of nitrogens with zero attached hydrogens (tertiary/aromatic N) is 2. The molecule has 224 valence electrons. The van der Waals surface area contributed by atoms with E-state index >= 15 is 0 Å². The van der Waals surface area contributed by atoms with Gasteiger partial charge >= 0.3 is 0 Å². The van der Waals surface area contributed by atoms with Crippen molar-refractivity contribution in [1.82, 2.24) is 9.80 Å². The van der Waals surface area contributed by atoms with Crippen molar-refractivity contribution >= 4 is 18.4 Å². The van der Waals surface area contributed by atoms with Gasteiger partial charge in [0, 0.05) is 26.2 Å². The Morgan fingerprint density at radius 2 is 0.541 bits per heavy atom. The van der Waals surface area contributed by atoms with Crippen molar-refractivity contribution in [3.8, 4) is 0 Å². The monoisotopic (exact) mass is 544 g/mol. The van der Waals surface area contributed by atoms with Crippen LogP contribution in [0, 0.1) is 5.41 Å². The molecule has 0 aliphatic carbocycles. The Bertz CT molecular complexity index is 373. The molecule has 0 saturated carbocycles. The van der Waals surface area contributed by atoms with Gasteiger partial charge in [-0.25, -0.2) is 0 Å². The number of halogens is 1. The van der Waals surface area contributed by atoms with Crippen molar-refractivity contribution in [3.63, 3.8) is 0 Å². The summed E-state index contributed by atoms with van der Waals surface area (Å²) in [5.41, 5.74) is 0. The molecule has 0 aliphatic heterocycles. The van der Waals surface area contributed by atoms with Crippen LogP contribution in [-0.4, -0.2) is 41.9 Å². The molecular weight excluding hydrogens is 474 g/mol. The first-order valence-corrected chi connectivity index (χ1v) is 16.8. The van der Waals surface area contributed by atoms with Crippen LogP contribution >= 0.6 is 12.4 Å². The van der Waals surface area contributed by atoms with Crippen molar-refractivity contribution in [2.24, 2.45) is 0 Å². The van der Waals surface area contributed by atoms with E-state index in [1.807, 2.05) is 0 Å². The van der Waals surface area contributed by atoms with E-state index in [9.17, 15) is 5.41 Å². The van der Waals surface area contributed by atoms with Crippen LogP contribution in [0.3, 0.4) is 0 Å². The van der Waals surface area contributed by atoms with Gasteiger partial charge in [0.2, 0.25) is 0 Å². The smallest absolute Gasteiger partial charge is 0.193 e. The lowest BCUT2D eigenvalue weighted by Gasteiger charge is -2.34. The van der Waals surface area contributed by atoms with Gasteiger partial charge in [-0.1, -0.05) is 156 Å². The molecule has 0 fully saturated rings. The third-order valence-electron chi connectivity index (χ3n) is 7.73. The van der Waals surface area contributed by atoms with Gasteiger partial charge in [0.25, 0.3) is 0 Å². The normalized spacial score (nSPS) is 10.9. The Kier molecular flexibility index (Phi) is 33.2. The summed E-state index contributed by atoms with van der Waals surface area (Å²) in [6, 6.07) is 0. The average molecular weight is 544 g/mol. The molecule has 3 nitrogen and oxygen atoms in total. The fourth-order valence-electron chi connectivity index (χ4n) is 5.18. The molecule has 0 saturated heterocycles. The maximum atomic E-state index is 9.24. The third-order valence-corrected chi connectivity index (χ3v) is 7.73. The Morgan fingerprint density at radius 1 is 0.351 bits per heavy atom. The first-order chi connectivity index (χ1) is 17.7. The van der Waals surface area contributed by atoms with E-state index in [1.54, 1.807) is 0 Å². The zero-order valence-corrected chi connectivity index (χ0v) is 26.9. The highest BCUT2D eigenvalue weighted by Gasteiger charge is 2.16. The molecule has 0 aromatic rings. The quantitative estimate of drug-likeness (QED) is 0.0603. The van der Waals surface area contributed by atoms with Crippen LogP contribution in [-0.2, 0) is 0 Å². The van der Waals surface area contributed by atoms with Crippen LogP contribution in [0.4, 0.5) is 0 Å². The van der Waals surface area contributed by atoms with E-state index in [4.69, 9.17) is 0 Å². The fourth-order valence-corrected chi connectivity index (χ4v) is 5.18. The summed E-state index contributed by atoms with van der Waals surface area (Å²) in [6.45, 7) is 13.5. The van der Waals surface area contributed by atoms with Crippen LogP contribution in [0.1, 0.15) is 182 Å². The first-order valence-electron chi connectivity index (χ1n) is 16.8. The van der Waals surface area contributed by atoms with Crippen LogP contribution in [0.25, 0.3) is 0 Å². The number of hydrogen-bond donors (Lipinski definition) is 1. The Balaban J connectivity index is 0. The number of rotatable bonds is 28. The molecule has 0 aliphatic rings. The van der Waals surface area contributed by atoms with Crippen LogP contribution in [0.2, 0.25) is 0 Å². The molecule has 0 bridgehead atoms. The molecule has 0 aromatic heterocycles. The zero-order chi connectivity index (χ0) is 26.5. The zero-order valence-electron chi connectivity index (χ0n) is 26.1. The van der Waals surface area contributed by atoms with Crippen LogP contribution in [0.15, 0.2) is 0 Å². The van der Waals surface area contributed by atoms with Gasteiger partial charge in [-0.15, -0.1) is 12.4 Å². The van der Waals surface area contributed by atoms with Gasteiger partial charge in [-0.05, 0) is 25.7 Å². The van der Waals surface area contributed by atoms with Crippen molar-refractivity contribution in [2.75, 3.05) is 26.2 Å². The fraction of sp³-hybridized carbons (Fsp3) is 0.970. The highest BCUT2D eigenvalue weighted by Crippen LogP contribution is 2.14. The molecule has 0 aromatic carbocycles. The van der Waals surface area contributed by atoms with E-state index < -0.39 is 0 Å². The average Bonchev–Trinajstić information content (AvgIpc) is 2.89. The lowest BCUT2D eigenvalue weighted by Crippen LogP contribution is -2.45. The highest BCUT2D eigenvalue weighted by molar-refractivity contribution is 5.85. The minimum atomic E-state index is 0. The summed E-state index contributed by atoms with van der Waals surface area (Å²) >= 11 is 0. The second-order valence-corrected chi connectivity index (χ2v) is 11.4. The van der Waals surface area contributed by atoms with E-state index in [2.05, 4.69) is 37.5 Å². The lowest BCUT2D eigenvalue weighted by atomic mass is 10.1. The van der Waals surface area contributed by atoms with Gasteiger partial charge in [-0.3, -0.25) is 5.41 Å². The molecule has 0 heterocycles. The van der Waals surface area contributed by atoms with Crippen molar-refractivity contribution in [2.45, 2.75) is 182 Å². The van der Waals surface area contributed by atoms with Crippen molar-refractivity contribution in [3.05, 3.63) is 0 Å². The molecule has 0 unspecified atom stereocenters. The van der Waals surface area contributed by atoms with E-state index in [0.717, 1.165) is 32.1 Å². The molecular formula is C33H70ClN3. The number of hydrogen-bond acceptors (Lipinski definition) is 1. The molecule has 0 atom stereocenters. The van der Waals surface area contributed by atoms with Gasteiger partial charge in [-0.2, -0.15) is 0 Å². The molecule has 0 rings (SSSR count). The van der Waals surface area contributed by atoms with Gasteiger partial charge in [0.15, 0.2) is 5.96 Å². The summed E-state index contributed by atoms with van der Waals surface area (Å²) in [4.78, 5) is 4.93. The van der Waals surface area contributed by atoms with E-state index in [0.29, 0.717) is 0 Å². The third kappa shape index (κ3) is 25.6. The summed E-state index contributed by atoms with van der Waals surface area (Å²) in [5, 5.41) is 9.24. The van der Waals surface area contributed by atoms with E-state index in [-0.39, 0.29) is 12.4 Å². The maximum Gasteiger partial charge on any atom is 0.193 e. The minimum absolute atomic E-state index is 0. The molecule has 1 N–H and O–H groups in total. The minimum Gasteiger partial charge on any atom is -0.343 e. The number of guanidine groups is 1. The highest BCUT2D eigenvalue weighted by atomic mass is 35.5. The first kappa shape index (κ1) is 38.7. The maximum absolute atomic E-state index is 9.24. The topological polar surface area (TPSA) is 30.3 Å². The van der Waals surface area contributed by atoms with Crippen LogP contribution < -0.4 is 0 Å². The Morgan fingerprint density at radius 3 is 0.757 bits per heavy atom.